The van der Waals surface area contributed by atoms with Crippen molar-refractivity contribution in [2.24, 2.45) is 0 Å². The molecule has 1 aromatic heterocycles. The Balaban J connectivity index is 0.000000531. The Bertz CT molecular complexity index is 429. The molecule has 0 amide bonds. The summed E-state index contributed by atoms with van der Waals surface area (Å²) in [7, 11) is 0. The van der Waals surface area contributed by atoms with Crippen LogP contribution in [0.5, 0.6) is 0 Å². The summed E-state index contributed by atoms with van der Waals surface area (Å²) in [6, 6.07) is 4.16. The Morgan fingerprint density at radius 2 is 1.87 bits per heavy atom. The van der Waals surface area contributed by atoms with Gasteiger partial charge in [0.2, 0.25) is 0 Å². The third kappa shape index (κ3) is 2.38. The van der Waals surface area contributed by atoms with Crippen LogP contribution in [0.1, 0.15) is 44.7 Å². The lowest BCUT2D eigenvalue weighted by Gasteiger charge is -2.08. The van der Waals surface area contributed by atoms with Crippen molar-refractivity contribution in [1.82, 2.24) is 4.98 Å². The molecule has 2 aromatic rings. The highest BCUT2D eigenvalue weighted by Gasteiger charge is 2.07. The van der Waals surface area contributed by atoms with Crippen LogP contribution in [0.3, 0.4) is 0 Å². The maximum absolute atomic E-state index is 5.22. The van der Waals surface area contributed by atoms with E-state index in [-0.39, 0.29) is 0 Å². The van der Waals surface area contributed by atoms with Crippen LogP contribution in [0.15, 0.2) is 22.9 Å². The van der Waals surface area contributed by atoms with Crippen molar-refractivity contribution in [2.75, 3.05) is 0 Å². The summed E-state index contributed by atoms with van der Waals surface area (Å²) in [6.45, 7) is 10.5. The monoisotopic (exact) mass is 205 g/mol. The van der Waals surface area contributed by atoms with E-state index in [1.54, 1.807) is 0 Å². The maximum atomic E-state index is 5.22. The normalized spacial score (nSPS) is 10.3. The Kier molecular flexibility index (Phi) is 3.89. The summed E-state index contributed by atoms with van der Waals surface area (Å²) in [5.74, 6) is 0.543. The van der Waals surface area contributed by atoms with Gasteiger partial charge in [0.05, 0.1) is 0 Å². The molecule has 0 aliphatic heterocycles. The van der Waals surface area contributed by atoms with E-state index in [2.05, 4.69) is 37.9 Å². The van der Waals surface area contributed by atoms with Crippen LogP contribution in [0, 0.1) is 6.92 Å². The first-order valence-electron chi connectivity index (χ1n) is 5.52. The van der Waals surface area contributed by atoms with Crippen LogP contribution >= 0.6 is 0 Å². The number of aromatic nitrogens is 1. The van der Waals surface area contributed by atoms with Crippen LogP contribution in [0.25, 0.3) is 11.1 Å². The molecule has 0 N–H and O–H groups in total. The van der Waals surface area contributed by atoms with Crippen molar-refractivity contribution in [3.05, 3.63) is 29.7 Å². The first-order valence-corrected chi connectivity index (χ1v) is 5.52. The molecule has 0 radical (unpaired) electrons. The highest BCUT2D eigenvalue weighted by atomic mass is 16.3. The van der Waals surface area contributed by atoms with E-state index in [0.717, 1.165) is 11.1 Å². The van der Waals surface area contributed by atoms with Crippen molar-refractivity contribution in [3.8, 4) is 0 Å². The van der Waals surface area contributed by atoms with Crippen LogP contribution in [0.4, 0.5) is 0 Å². The molecule has 0 atom stereocenters. The van der Waals surface area contributed by atoms with E-state index >= 15 is 0 Å². The fourth-order valence-corrected chi connectivity index (χ4v) is 1.64. The molecule has 2 rings (SSSR count). The summed E-state index contributed by atoms with van der Waals surface area (Å²) in [5, 5.41) is 0. The minimum Gasteiger partial charge on any atom is -0.443 e. The van der Waals surface area contributed by atoms with Crippen molar-refractivity contribution in [3.63, 3.8) is 0 Å². The molecule has 0 spiro atoms. The predicted octanol–water partition coefficient (Wildman–Crippen LogP) is 4.29. The number of oxazole rings is 1. The van der Waals surface area contributed by atoms with E-state index in [0.29, 0.717) is 5.92 Å². The van der Waals surface area contributed by atoms with E-state index in [1.165, 1.54) is 17.5 Å². The van der Waals surface area contributed by atoms with Gasteiger partial charge in [-0.2, -0.15) is 0 Å². The number of benzene rings is 1. The zero-order valence-electron chi connectivity index (χ0n) is 10.2. The van der Waals surface area contributed by atoms with Gasteiger partial charge >= 0.3 is 0 Å². The van der Waals surface area contributed by atoms with Gasteiger partial charge in [-0.25, -0.2) is 4.98 Å². The minimum absolute atomic E-state index is 0.543. The van der Waals surface area contributed by atoms with Crippen LogP contribution < -0.4 is 0 Å². The van der Waals surface area contributed by atoms with Gasteiger partial charge in [0.1, 0.15) is 5.52 Å². The van der Waals surface area contributed by atoms with E-state index in [1.807, 2.05) is 13.8 Å². The molecule has 0 saturated carbocycles. The Labute approximate surface area is 91.3 Å². The van der Waals surface area contributed by atoms with Gasteiger partial charge in [0.25, 0.3) is 0 Å². The van der Waals surface area contributed by atoms with Gasteiger partial charge < -0.3 is 4.42 Å². The second-order valence-corrected chi connectivity index (χ2v) is 3.68. The van der Waals surface area contributed by atoms with Gasteiger partial charge in [-0.05, 0) is 36.1 Å². The number of hydrogen-bond donors (Lipinski definition) is 0. The first-order chi connectivity index (χ1) is 7.18. The van der Waals surface area contributed by atoms with Gasteiger partial charge in [0, 0.05) is 0 Å². The molecule has 0 aliphatic carbocycles. The van der Waals surface area contributed by atoms with Crippen LogP contribution in [-0.4, -0.2) is 4.98 Å². The summed E-state index contributed by atoms with van der Waals surface area (Å²) in [5.41, 5.74) is 4.46. The topological polar surface area (TPSA) is 26.0 Å². The smallest absolute Gasteiger partial charge is 0.181 e. The SMILES string of the molecule is CC.Cc1cc2ocnc2cc1C(C)C. The third-order valence-corrected chi connectivity index (χ3v) is 2.34. The molecular formula is C13H19NO. The number of nitrogens with zero attached hydrogens (tertiary/aromatic N) is 1. The van der Waals surface area contributed by atoms with E-state index in [4.69, 9.17) is 4.42 Å². The number of fused-ring (bicyclic) bond motifs is 1. The summed E-state index contributed by atoms with van der Waals surface area (Å²) >= 11 is 0. The van der Waals surface area contributed by atoms with E-state index in [9.17, 15) is 0 Å². The lowest BCUT2D eigenvalue weighted by molar-refractivity contribution is 0.602. The van der Waals surface area contributed by atoms with Gasteiger partial charge in [-0.1, -0.05) is 27.7 Å². The molecule has 1 aromatic carbocycles. The van der Waals surface area contributed by atoms with Crippen molar-refractivity contribution < 1.29 is 4.42 Å². The van der Waals surface area contributed by atoms with E-state index < -0.39 is 0 Å². The van der Waals surface area contributed by atoms with Crippen molar-refractivity contribution in [2.45, 2.75) is 40.5 Å². The molecule has 2 nitrogen and oxygen atoms in total. The lowest BCUT2D eigenvalue weighted by atomic mass is 9.98. The largest absolute Gasteiger partial charge is 0.443 e. The molecule has 2 heteroatoms. The second kappa shape index (κ2) is 4.96. The third-order valence-electron chi connectivity index (χ3n) is 2.34. The predicted molar refractivity (Wildman–Crippen MR) is 64.2 cm³/mol. The molecule has 0 aliphatic rings. The Morgan fingerprint density at radius 1 is 1.20 bits per heavy atom. The zero-order valence-corrected chi connectivity index (χ0v) is 10.2. The van der Waals surface area contributed by atoms with Crippen molar-refractivity contribution in [1.29, 1.82) is 0 Å². The quantitative estimate of drug-likeness (QED) is 0.694. The Morgan fingerprint density at radius 3 is 2.47 bits per heavy atom. The molecular weight excluding hydrogens is 186 g/mol. The standard InChI is InChI=1S/C11H13NO.C2H6/c1-7(2)9-5-10-11(4-8(9)3)13-6-12-10;1-2/h4-7H,1-3H3;1-2H3. The number of aryl methyl sites for hydroxylation is 1. The highest BCUT2D eigenvalue weighted by Crippen LogP contribution is 2.24. The number of rotatable bonds is 1. The molecule has 0 saturated heterocycles. The molecule has 0 fully saturated rings. The lowest BCUT2D eigenvalue weighted by Crippen LogP contribution is -1.91. The molecule has 15 heavy (non-hydrogen) atoms. The fourth-order valence-electron chi connectivity index (χ4n) is 1.64. The maximum Gasteiger partial charge on any atom is 0.181 e. The van der Waals surface area contributed by atoms with Crippen LogP contribution in [-0.2, 0) is 0 Å². The first kappa shape index (κ1) is 11.8. The average Bonchev–Trinajstić information content (AvgIpc) is 2.66. The molecule has 82 valence electrons. The zero-order chi connectivity index (χ0) is 11.4. The second-order valence-electron chi connectivity index (χ2n) is 3.68. The van der Waals surface area contributed by atoms with Gasteiger partial charge in [0.15, 0.2) is 12.0 Å². The van der Waals surface area contributed by atoms with Crippen LogP contribution in [0.2, 0.25) is 0 Å². The summed E-state index contributed by atoms with van der Waals surface area (Å²) < 4.78 is 5.22. The Hall–Kier alpha value is -1.31. The average molecular weight is 205 g/mol. The fraction of sp³-hybridized carbons (Fsp3) is 0.462. The van der Waals surface area contributed by atoms with Gasteiger partial charge in [-0.15, -0.1) is 0 Å². The summed E-state index contributed by atoms with van der Waals surface area (Å²) in [4.78, 5) is 4.14. The molecule has 1 heterocycles. The number of hydrogen-bond acceptors (Lipinski definition) is 2. The molecule has 0 unspecified atom stereocenters. The highest BCUT2D eigenvalue weighted by molar-refractivity contribution is 5.74. The molecule has 0 bridgehead atoms. The minimum atomic E-state index is 0.543. The van der Waals surface area contributed by atoms with Crippen molar-refractivity contribution >= 4 is 11.1 Å². The van der Waals surface area contributed by atoms with Gasteiger partial charge in [-0.3, -0.25) is 0 Å². The summed E-state index contributed by atoms with van der Waals surface area (Å²) in [6.07, 6.45) is 1.49.